The topological polar surface area (TPSA) is 133 Å². The van der Waals surface area contributed by atoms with E-state index in [4.69, 9.17) is 6.57 Å². The minimum absolute atomic E-state index is 0.0533. The van der Waals surface area contributed by atoms with Crippen LogP contribution in [-0.2, 0) is 0 Å². The first-order valence-electron chi connectivity index (χ1n) is 5.75. The van der Waals surface area contributed by atoms with Crippen molar-refractivity contribution in [1.82, 2.24) is 0 Å². The molecular formula is C13H8N4O5. The Morgan fingerprint density at radius 3 is 2.27 bits per heavy atom. The number of non-ortho nitro benzene ring substituents is 1. The van der Waals surface area contributed by atoms with Crippen LogP contribution in [0.15, 0.2) is 40.6 Å². The van der Waals surface area contributed by atoms with Gasteiger partial charge in [0.1, 0.15) is 22.9 Å². The molecule has 0 saturated carbocycles. The van der Waals surface area contributed by atoms with Crippen molar-refractivity contribution in [3.63, 3.8) is 0 Å². The molecule has 0 aliphatic rings. The average molecular weight is 300 g/mol. The Hall–Kier alpha value is -3.67. The summed E-state index contributed by atoms with van der Waals surface area (Å²) in [5.41, 5.74) is -0.826. The zero-order valence-corrected chi connectivity index (χ0v) is 10.8. The fourth-order valence-electron chi connectivity index (χ4n) is 1.57. The molecule has 0 amide bonds. The van der Waals surface area contributed by atoms with Crippen LogP contribution in [0.4, 0.5) is 22.7 Å². The Kier molecular flexibility index (Phi) is 3.86. The molecule has 0 spiro atoms. The van der Waals surface area contributed by atoms with Gasteiger partial charge in [0.15, 0.2) is 5.75 Å². The molecule has 0 heterocycles. The van der Waals surface area contributed by atoms with Crippen LogP contribution in [0.3, 0.4) is 0 Å². The van der Waals surface area contributed by atoms with Crippen molar-refractivity contribution in [2.24, 2.45) is 10.2 Å². The molecular weight excluding hydrogens is 292 g/mol. The largest absolute Gasteiger partial charge is 0.519 e. The highest BCUT2D eigenvalue weighted by atomic mass is 16.6. The number of aromatic hydroxyl groups is 3. The van der Waals surface area contributed by atoms with Gasteiger partial charge in [0.05, 0.1) is 17.6 Å². The van der Waals surface area contributed by atoms with E-state index in [1.807, 2.05) is 0 Å². The number of nitro groups is 1. The smallest absolute Gasteiger partial charge is 0.273 e. The van der Waals surface area contributed by atoms with Gasteiger partial charge in [0.2, 0.25) is 0 Å². The van der Waals surface area contributed by atoms with Crippen LogP contribution in [0, 0.1) is 16.7 Å². The first-order valence-corrected chi connectivity index (χ1v) is 5.75. The summed E-state index contributed by atoms with van der Waals surface area (Å²) >= 11 is 0. The number of nitro benzene ring substituents is 1. The molecule has 0 radical (unpaired) electrons. The van der Waals surface area contributed by atoms with Gasteiger partial charge in [-0.2, -0.15) is 0 Å². The summed E-state index contributed by atoms with van der Waals surface area (Å²) in [6, 6.07) is 5.62. The molecule has 0 unspecified atom stereocenters. The van der Waals surface area contributed by atoms with Gasteiger partial charge in [-0.1, -0.05) is 0 Å². The number of hydrogen-bond acceptors (Lipinski definition) is 7. The zero-order chi connectivity index (χ0) is 16.3. The molecule has 2 rings (SSSR count). The minimum Gasteiger partial charge on any atom is -0.519 e. The number of phenols is 3. The van der Waals surface area contributed by atoms with Crippen LogP contribution in [0.25, 0.3) is 4.85 Å². The lowest BCUT2D eigenvalue weighted by atomic mass is 10.2. The molecule has 0 aliphatic carbocycles. The molecule has 0 aromatic heterocycles. The number of rotatable bonds is 3. The molecule has 9 heteroatoms. The normalized spacial score (nSPS) is 10.5. The molecule has 0 saturated heterocycles. The van der Waals surface area contributed by atoms with Gasteiger partial charge >= 0.3 is 0 Å². The molecule has 2 aromatic carbocycles. The van der Waals surface area contributed by atoms with Crippen LogP contribution in [-0.4, -0.2) is 20.2 Å². The van der Waals surface area contributed by atoms with Gasteiger partial charge < -0.3 is 15.3 Å². The van der Waals surface area contributed by atoms with Gasteiger partial charge in [-0.3, -0.25) is 10.1 Å². The van der Waals surface area contributed by atoms with Crippen LogP contribution < -0.4 is 0 Å². The lowest BCUT2D eigenvalue weighted by Crippen LogP contribution is -1.86. The number of azo groups is 1. The monoisotopic (exact) mass is 300 g/mol. The maximum absolute atomic E-state index is 10.5. The molecule has 0 fully saturated rings. The highest BCUT2D eigenvalue weighted by Crippen LogP contribution is 2.43. The molecule has 22 heavy (non-hydrogen) atoms. The van der Waals surface area contributed by atoms with E-state index >= 15 is 0 Å². The second-order valence-electron chi connectivity index (χ2n) is 4.04. The van der Waals surface area contributed by atoms with E-state index in [1.54, 1.807) is 0 Å². The third-order valence-corrected chi connectivity index (χ3v) is 2.66. The highest BCUT2D eigenvalue weighted by Gasteiger charge is 2.13. The van der Waals surface area contributed by atoms with Crippen LogP contribution in [0.1, 0.15) is 0 Å². The van der Waals surface area contributed by atoms with Crippen molar-refractivity contribution in [2.45, 2.75) is 0 Å². The van der Waals surface area contributed by atoms with Gasteiger partial charge in [-0.25, -0.2) is 4.85 Å². The van der Waals surface area contributed by atoms with Crippen molar-refractivity contribution >= 4 is 22.7 Å². The Labute approximate surface area is 123 Å². The van der Waals surface area contributed by atoms with E-state index < -0.39 is 22.2 Å². The predicted octanol–water partition coefficient (Wildman–Crippen LogP) is 3.68. The van der Waals surface area contributed by atoms with E-state index in [0.29, 0.717) is 0 Å². The Bertz CT molecular complexity index is 826. The predicted molar refractivity (Wildman–Crippen MR) is 75.0 cm³/mol. The summed E-state index contributed by atoms with van der Waals surface area (Å²) in [5, 5.41) is 46.6. The lowest BCUT2D eigenvalue weighted by molar-refractivity contribution is -0.384. The van der Waals surface area contributed by atoms with Crippen molar-refractivity contribution in [3.05, 3.63) is 51.9 Å². The van der Waals surface area contributed by atoms with E-state index in [-0.39, 0.29) is 22.7 Å². The van der Waals surface area contributed by atoms with Crippen LogP contribution in [0.2, 0.25) is 0 Å². The van der Waals surface area contributed by atoms with Crippen molar-refractivity contribution in [3.8, 4) is 17.2 Å². The first-order chi connectivity index (χ1) is 10.4. The number of benzene rings is 2. The fourth-order valence-corrected chi connectivity index (χ4v) is 1.57. The Morgan fingerprint density at radius 1 is 1.05 bits per heavy atom. The third-order valence-electron chi connectivity index (χ3n) is 2.66. The zero-order valence-electron chi connectivity index (χ0n) is 10.8. The Morgan fingerprint density at radius 2 is 1.68 bits per heavy atom. The first kappa shape index (κ1) is 14.7. The van der Waals surface area contributed by atoms with E-state index in [1.165, 1.54) is 12.1 Å². The molecule has 3 N–H and O–H groups in total. The molecule has 2 aromatic rings. The second kappa shape index (κ2) is 5.76. The molecule has 0 aliphatic heterocycles. The van der Waals surface area contributed by atoms with Crippen molar-refractivity contribution in [1.29, 1.82) is 0 Å². The van der Waals surface area contributed by atoms with E-state index in [2.05, 4.69) is 15.1 Å². The van der Waals surface area contributed by atoms with Gasteiger partial charge in [-0.05, 0) is 18.2 Å². The summed E-state index contributed by atoms with van der Waals surface area (Å²) in [5.74, 6) is -1.41. The fraction of sp³-hybridized carbons (Fsp3) is 0. The van der Waals surface area contributed by atoms with Gasteiger partial charge in [0.25, 0.3) is 11.4 Å². The quantitative estimate of drug-likeness (QED) is 0.344. The minimum atomic E-state index is -0.672. The maximum atomic E-state index is 10.5. The van der Waals surface area contributed by atoms with Crippen LogP contribution >= 0.6 is 0 Å². The lowest BCUT2D eigenvalue weighted by Gasteiger charge is -2.02. The standard InChI is InChI=1S/C13H8N4O5/c1-14-12-10(18)5-4-9(13(12)20)16-15-8-3-2-7(17(21)22)6-11(8)19/h2-6,18-20H. The molecule has 0 atom stereocenters. The van der Waals surface area contributed by atoms with Crippen molar-refractivity contribution < 1.29 is 20.2 Å². The highest BCUT2D eigenvalue weighted by molar-refractivity contribution is 5.74. The van der Waals surface area contributed by atoms with E-state index in [9.17, 15) is 25.4 Å². The summed E-state index contributed by atoms with van der Waals surface area (Å²) in [4.78, 5) is 12.8. The third kappa shape index (κ3) is 2.75. The Balaban J connectivity index is 2.38. The molecule has 9 nitrogen and oxygen atoms in total. The second-order valence-corrected chi connectivity index (χ2v) is 4.04. The molecule has 0 bridgehead atoms. The summed E-state index contributed by atoms with van der Waals surface area (Å²) in [7, 11) is 0. The summed E-state index contributed by atoms with van der Waals surface area (Å²) < 4.78 is 0. The average Bonchev–Trinajstić information content (AvgIpc) is 2.48. The maximum Gasteiger partial charge on any atom is 0.273 e. The number of phenolic OH excluding ortho intramolecular Hbond substituents is 3. The van der Waals surface area contributed by atoms with Gasteiger partial charge in [-0.15, -0.1) is 10.2 Å². The van der Waals surface area contributed by atoms with Gasteiger partial charge in [0, 0.05) is 6.07 Å². The van der Waals surface area contributed by atoms with E-state index in [0.717, 1.165) is 18.2 Å². The SMILES string of the molecule is [C-]#[N+]c1c(O)ccc(N=Nc2ccc([N+](=O)[O-])cc2O)c1O. The summed E-state index contributed by atoms with van der Waals surface area (Å²) in [6.07, 6.45) is 0. The number of hydrogen-bond donors (Lipinski definition) is 3. The molecule has 110 valence electrons. The number of nitrogens with zero attached hydrogens (tertiary/aromatic N) is 4. The van der Waals surface area contributed by atoms with Crippen molar-refractivity contribution in [2.75, 3.05) is 0 Å². The summed E-state index contributed by atoms with van der Waals surface area (Å²) in [6.45, 7) is 6.85. The van der Waals surface area contributed by atoms with Crippen LogP contribution in [0.5, 0.6) is 17.2 Å².